The molecule has 0 bridgehead atoms. The molecule has 1 atom stereocenters. The Bertz CT molecular complexity index is 1350. The van der Waals surface area contributed by atoms with Crippen molar-refractivity contribution in [1.29, 1.82) is 5.41 Å². The molecule has 7 heteroatoms. The maximum Gasteiger partial charge on any atom is 0.266 e. The number of nitrogens with one attached hydrogen (secondary N) is 2. The SMILES string of the molecule is N=C(N)c1cccc(OC(C(=O)NCc2ccc(-n3ccccc3=O)cc2)c2ccccc2)c1. The van der Waals surface area contributed by atoms with Crippen LogP contribution >= 0.6 is 0 Å². The summed E-state index contributed by atoms with van der Waals surface area (Å²) in [6.07, 6.45) is 0.827. The van der Waals surface area contributed by atoms with Crippen LogP contribution in [-0.4, -0.2) is 16.3 Å². The molecule has 1 unspecified atom stereocenters. The summed E-state index contributed by atoms with van der Waals surface area (Å²) in [5, 5.41) is 10.6. The van der Waals surface area contributed by atoms with E-state index in [1.807, 2.05) is 54.6 Å². The number of pyridine rings is 1. The average molecular weight is 453 g/mol. The van der Waals surface area contributed by atoms with Crippen LogP contribution in [0, 0.1) is 5.41 Å². The summed E-state index contributed by atoms with van der Waals surface area (Å²) >= 11 is 0. The number of carbonyl (C=O) groups excluding carboxylic acids is 1. The minimum atomic E-state index is -0.884. The molecule has 0 aliphatic carbocycles. The molecule has 0 aliphatic rings. The number of hydrogen-bond donors (Lipinski definition) is 3. The number of nitrogens with zero attached hydrogens (tertiary/aromatic N) is 1. The quantitative estimate of drug-likeness (QED) is 0.280. The molecule has 1 aromatic heterocycles. The molecule has 1 heterocycles. The third-order valence-electron chi connectivity index (χ3n) is 5.24. The third-order valence-corrected chi connectivity index (χ3v) is 5.24. The molecular formula is C27H24N4O3. The van der Waals surface area contributed by atoms with Gasteiger partial charge >= 0.3 is 0 Å². The van der Waals surface area contributed by atoms with E-state index in [2.05, 4.69) is 5.32 Å². The van der Waals surface area contributed by atoms with E-state index >= 15 is 0 Å². The topological polar surface area (TPSA) is 110 Å². The molecule has 0 fully saturated rings. The van der Waals surface area contributed by atoms with Crippen molar-refractivity contribution < 1.29 is 9.53 Å². The number of aromatic nitrogens is 1. The molecule has 7 nitrogen and oxygen atoms in total. The first-order chi connectivity index (χ1) is 16.5. The molecule has 0 saturated carbocycles. The van der Waals surface area contributed by atoms with E-state index in [9.17, 15) is 9.59 Å². The molecule has 0 spiro atoms. The summed E-state index contributed by atoms with van der Waals surface area (Å²) < 4.78 is 7.58. The summed E-state index contributed by atoms with van der Waals surface area (Å²) in [6, 6.07) is 28.4. The zero-order valence-electron chi connectivity index (χ0n) is 18.3. The normalized spacial score (nSPS) is 11.4. The van der Waals surface area contributed by atoms with Crippen molar-refractivity contribution >= 4 is 11.7 Å². The lowest BCUT2D eigenvalue weighted by molar-refractivity contribution is -0.128. The van der Waals surface area contributed by atoms with Crippen LogP contribution in [0.4, 0.5) is 0 Å². The first kappa shape index (κ1) is 22.5. The predicted molar refractivity (Wildman–Crippen MR) is 131 cm³/mol. The van der Waals surface area contributed by atoms with E-state index < -0.39 is 6.10 Å². The Morgan fingerprint density at radius 2 is 1.68 bits per heavy atom. The van der Waals surface area contributed by atoms with Gasteiger partial charge in [-0.1, -0.05) is 60.7 Å². The number of nitrogen functional groups attached to an aromatic ring is 1. The molecule has 1 amide bonds. The first-order valence-electron chi connectivity index (χ1n) is 10.7. The monoisotopic (exact) mass is 452 g/mol. The second kappa shape index (κ2) is 10.3. The van der Waals surface area contributed by atoms with E-state index in [0.717, 1.165) is 11.3 Å². The first-order valence-corrected chi connectivity index (χ1v) is 10.7. The van der Waals surface area contributed by atoms with Gasteiger partial charge in [-0.25, -0.2) is 0 Å². The Labute approximate surface area is 197 Å². The summed E-state index contributed by atoms with van der Waals surface area (Å²) in [5.74, 6) is 0.0597. The van der Waals surface area contributed by atoms with E-state index in [4.69, 9.17) is 15.9 Å². The molecule has 0 radical (unpaired) electrons. The lowest BCUT2D eigenvalue weighted by Gasteiger charge is -2.20. The molecular weight excluding hydrogens is 428 g/mol. The van der Waals surface area contributed by atoms with Gasteiger partial charge < -0.3 is 15.8 Å². The molecule has 34 heavy (non-hydrogen) atoms. The highest BCUT2D eigenvalue weighted by molar-refractivity contribution is 5.95. The zero-order chi connectivity index (χ0) is 23.9. The van der Waals surface area contributed by atoms with Crippen LogP contribution < -0.4 is 21.3 Å². The van der Waals surface area contributed by atoms with Gasteiger partial charge in [-0.05, 0) is 35.9 Å². The Balaban J connectivity index is 1.49. The van der Waals surface area contributed by atoms with Crippen LogP contribution in [-0.2, 0) is 11.3 Å². The molecule has 4 rings (SSSR count). The fourth-order valence-corrected chi connectivity index (χ4v) is 3.47. The summed E-state index contributed by atoms with van der Waals surface area (Å²) in [7, 11) is 0. The third kappa shape index (κ3) is 5.39. The fourth-order valence-electron chi connectivity index (χ4n) is 3.47. The largest absolute Gasteiger partial charge is 0.476 e. The summed E-state index contributed by atoms with van der Waals surface area (Å²) in [5.41, 5.74) is 8.32. The number of benzene rings is 3. The highest BCUT2D eigenvalue weighted by atomic mass is 16.5. The van der Waals surface area contributed by atoms with Crippen LogP contribution in [0.3, 0.4) is 0 Å². The molecule has 0 saturated heterocycles. The van der Waals surface area contributed by atoms with Gasteiger partial charge in [0, 0.05) is 35.6 Å². The lowest BCUT2D eigenvalue weighted by Crippen LogP contribution is -2.32. The maximum atomic E-state index is 13.1. The number of hydrogen-bond acceptors (Lipinski definition) is 4. The van der Waals surface area contributed by atoms with E-state index in [-0.39, 0.29) is 17.3 Å². The van der Waals surface area contributed by atoms with Gasteiger partial charge in [0.2, 0.25) is 6.10 Å². The van der Waals surface area contributed by atoms with Crippen molar-refractivity contribution in [2.45, 2.75) is 12.6 Å². The Morgan fingerprint density at radius 3 is 2.38 bits per heavy atom. The van der Waals surface area contributed by atoms with Gasteiger partial charge in [0.1, 0.15) is 11.6 Å². The van der Waals surface area contributed by atoms with Crippen molar-refractivity contribution in [2.75, 3.05) is 0 Å². The predicted octanol–water partition coefficient (Wildman–Crippen LogP) is 3.56. The fraction of sp³-hybridized carbons (Fsp3) is 0.0741. The van der Waals surface area contributed by atoms with E-state index in [1.165, 1.54) is 6.07 Å². The number of amides is 1. The molecule has 3 aromatic carbocycles. The molecule has 0 aliphatic heterocycles. The highest BCUT2D eigenvalue weighted by Crippen LogP contribution is 2.23. The van der Waals surface area contributed by atoms with Crippen LogP contribution in [0.15, 0.2) is 108 Å². The van der Waals surface area contributed by atoms with Crippen LogP contribution in [0.1, 0.15) is 22.8 Å². The van der Waals surface area contributed by atoms with Crippen molar-refractivity contribution in [2.24, 2.45) is 5.73 Å². The minimum absolute atomic E-state index is 0.0765. The van der Waals surface area contributed by atoms with Crippen molar-refractivity contribution in [1.82, 2.24) is 9.88 Å². The van der Waals surface area contributed by atoms with Gasteiger partial charge in [-0.15, -0.1) is 0 Å². The van der Waals surface area contributed by atoms with Gasteiger partial charge in [0.15, 0.2) is 0 Å². The second-order valence-corrected chi connectivity index (χ2v) is 7.64. The van der Waals surface area contributed by atoms with E-state index in [1.54, 1.807) is 47.2 Å². The average Bonchev–Trinajstić information content (AvgIpc) is 2.87. The van der Waals surface area contributed by atoms with Crippen LogP contribution in [0.5, 0.6) is 5.75 Å². The molecule has 170 valence electrons. The van der Waals surface area contributed by atoms with Crippen LogP contribution in [0.2, 0.25) is 0 Å². The Hall–Kier alpha value is -4.65. The lowest BCUT2D eigenvalue weighted by atomic mass is 10.1. The minimum Gasteiger partial charge on any atom is -0.476 e. The number of amidine groups is 1. The second-order valence-electron chi connectivity index (χ2n) is 7.64. The summed E-state index contributed by atoms with van der Waals surface area (Å²) in [6.45, 7) is 0.295. The van der Waals surface area contributed by atoms with Gasteiger partial charge in [-0.2, -0.15) is 0 Å². The Kier molecular flexibility index (Phi) is 6.84. The number of ether oxygens (including phenoxy) is 1. The van der Waals surface area contributed by atoms with Gasteiger partial charge in [-0.3, -0.25) is 19.6 Å². The number of carbonyl (C=O) groups is 1. The maximum absolute atomic E-state index is 13.1. The van der Waals surface area contributed by atoms with Crippen LogP contribution in [0.25, 0.3) is 5.69 Å². The van der Waals surface area contributed by atoms with Crippen molar-refractivity contribution in [3.05, 3.63) is 130 Å². The highest BCUT2D eigenvalue weighted by Gasteiger charge is 2.22. The molecule has 4 N–H and O–H groups in total. The number of nitrogens with two attached hydrogens (primary N) is 1. The number of rotatable bonds is 8. The van der Waals surface area contributed by atoms with Gasteiger partial charge in [0.25, 0.3) is 11.5 Å². The van der Waals surface area contributed by atoms with Gasteiger partial charge in [0.05, 0.1) is 0 Å². The van der Waals surface area contributed by atoms with E-state index in [0.29, 0.717) is 23.4 Å². The van der Waals surface area contributed by atoms with Crippen molar-refractivity contribution in [3.8, 4) is 11.4 Å². The standard InChI is InChI=1S/C27H24N4O3/c28-26(29)21-9-6-10-23(17-21)34-25(20-7-2-1-3-8-20)27(33)30-18-19-12-14-22(15-13-19)31-16-5-4-11-24(31)32/h1-17,25H,18H2,(H3,28,29)(H,30,33). The summed E-state index contributed by atoms with van der Waals surface area (Å²) in [4.78, 5) is 25.1. The smallest absolute Gasteiger partial charge is 0.266 e. The Morgan fingerprint density at radius 1 is 0.941 bits per heavy atom. The zero-order valence-corrected chi connectivity index (χ0v) is 18.3. The molecule has 4 aromatic rings. The van der Waals surface area contributed by atoms with Crippen molar-refractivity contribution in [3.63, 3.8) is 0 Å².